The Morgan fingerprint density at radius 2 is 1.61 bits per heavy atom. The number of benzene rings is 2. The van der Waals surface area contributed by atoms with Crippen LogP contribution in [0.2, 0.25) is 0 Å². The second-order valence-electron chi connectivity index (χ2n) is 12.2. The third-order valence-electron chi connectivity index (χ3n) is 7.86. The minimum absolute atomic E-state index is 0.0455. The van der Waals surface area contributed by atoms with Crippen LogP contribution in [-0.2, 0) is 50.9 Å². The van der Waals surface area contributed by atoms with E-state index in [2.05, 4.69) is 0 Å². The number of ether oxygens (including phenoxy) is 4. The number of rotatable bonds is 7. The summed E-state index contributed by atoms with van der Waals surface area (Å²) in [6, 6.07) is 0.692. The van der Waals surface area contributed by atoms with Crippen molar-refractivity contribution in [3.05, 3.63) is 50.8 Å². The second kappa shape index (κ2) is 12.9. The lowest BCUT2D eigenvalue weighted by atomic mass is 9.79. The van der Waals surface area contributed by atoms with Crippen molar-refractivity contribution in [2.75, 3.05) is 20.3 Å². The molecule has 1 amide bonds. The van der Waals surface area contributed by atoms with Gasteiger partial charge in [0.1, 0.15) is 0 Å². The van der Waals surface area contributed by atoms with Crippen molar-refractivity contribution in [2.24, 2.45) is 0 Å². The van der Waals surface area contributed by atoms with E-state index in [9.17, 15) is 9.59 Å². The van der Waals surface area contributed by atoms with Gasteiger partial charge in [0.05, 0.1) is 50.1 Å². The largest absolute Gasteiger partial charge is 0.490 e. The van der Waals surface area contributed by atoms with Crippen LogP contribution in [0.25, 0.3) is 11.1 Å². The average molecular weight is 664 g/mol. The van der Waals surface area contributed by atoms with E-state index in [4.69, 9.17) is 18.9 Å². The van der Waals surface area contributed by atoms with E-state index >= 15 is 30.7 Å². The zero-order chi connectivity index (χ0) is 34.4. The van der Waals surface area contributed by atoms with Gasteiger partial charge in [0.15, 0.2) is 17.7 Å². The SMILES string of the molecule is CCCCOC(=O)N1Cc2c(c(C(F)(F)F)c([C@H](OC(C)(C)C)C(=O)OC)c(-c3cc(F)c4c(c3C)CCCO4)c2C(F)(F)F)C1. The molecule has 1 atom stereocenters. The monoisotopic (exact) mass is 663 g/mol. The standard InChI is InChI=1S/C32H36F7NO6/c1-7-8-11-45-29(42)40-14-19-20(15-40)25(32(37,38)39)23(27(28(41)43-6)46-30(3,4)5)22(24(19)31(34,35)36)18-13-21(33)26-17(16(18)2)10-9-12-44-26/h13,27H,7-12,14-15H2,1-6H3/t27-/m0/s1. The Labute approximate surface area is 261 Å². The van der Waals surface area contributed by atoms with Gasteiger partial charge < -0.3 is 18.9 Å². The molecule has 0 saturated carbocycles. The van der Waals surface area contributed by atoms with Gasteiger partial charge in [0, 0.05) is 16.7 Å². The lowest BCUT2D eigenvalue weighted by Crippen LogP contribution is -2.32. The molecule has 2 aliphatic heterocycles. The number of hydrogen-bond acceptors (Lipinski definition) is 6. The molecule has 14 heteroatoms. The average Bonchev–Trinajstić information content (AvgIpc) is 3.39. The van der Waals surface area contributed by atoms with Gasteiger partial charge in [-0.1, -0.05) is 13.3 Å². The molecule has 0 spiro atoms. The van der Waals surface area contributed by atoms with Gasteiger partial charge in [-0.2, -0.15) is 26.3 Å². The number of halogens is 7. The first-order valence-electron chi connectivity index (χ1n) is 14.8. The summed E-state index contributed by atoms with van der Waals surface area (Å²) in [7, 11) is 0.863. The van der Waals surface area contributed by atoms with Crippen LogP contribution in [0.3, 0.4) is 0 Å². The van der Waals surface area contributed by atoms with Gasteiger partial charge in [-0.15, -0.1) is 0 Å². The number of unbranched alkanes of at least 4 members (excludes halogenated alkanes) is 1. The highest BCUT2D eigenvalue weighted by atomic mass is 19.4. The number of alkyl halides is 6. The number of fused-ring (bicyclic) bond motifs is 2. The molecule has 0 unspecified atom stereocenters. The molecular formula is C32H36F7NO6. The number of methoxy groups -OCH3 is 1. The van der Waals surface area contributed by atoms with Gasteiger partial charge in [-0.05, 0) is 75.3 Å². The maximum absolute atomic E-state index is 15.6. The summed E-state index contributed by atoms with van der Waals surface area (Å²) in [6.07, 6.45) is -12.5. The molecule has 0 bridgehead atoms. The Hall–Kier alpha value is -3.55. The fourth-order valence-electron chi connectivity index (χ4n) is 5.97. The number of esters is 1. The van der Waals surface area contributed by atoms with Crippen LogP contribution < -0.4 is 4.74 Å². The summed E-state index contributed by atoms with van der Waals surface area (Å²) in [5, 5.41) is 0. The van der Waals surface area contributed by atoms with Crippen LogP contribution in [0.4, 0.5) is 35.5 Å². The van der Waals surface area contributed by atoms with E-state index in [1.165, 1.54) is 27.7 Å². The van der Waals surface area contributed by atoms with Gasteiger partial charge in [0.25, 0.3) is 0 Å². The molecule has 46 heavy (non-hydrogen) atoms. The highest BCUT2D eigenvalue weighted by Crippen LogP contribution is 2.54. The molecule has 0 N–H and O–H groups in total. The topological polar surface area (TPSA) is 74.3 Å². The molecule has 0 aliphatic carbocycles. The molecule has 0 saturated heterocycles. The Bertz CT molecular complexity index is 1510. The summed E-state index contributed by atoms with van der Waals surface area (Å²) in [6.45, 7) is 5.69. The molecule has 254 valence electrons. The highest BCUT2D eigenvalue weighted by molar-refractivity contribution is 5.87. The number of carbonyl (C=O) groups is 2. The van der Waals surface area contributed by atoms with Gasteiger partial charge in [0.2, 0.25) is 0 Å². The molecule has 7 nitrogen and oxygen atoms in total. The van der Waals surface area contributed by atoms with Crippen LogP contribution in [-0.4, -0.2) is 42.9 Å². The summed E-state index contributed by atoms with van der Waals surface area (Å²) in [4.78, 5) is 26.8. The van der Waals surface area contributed by atoms with Gasteiger partial charge in [-0.25, -0.2) is 14.0 Å². The van der Waals surface area contributed by atoms with Crippen LogP contribution >= 0.6 is 0 Å². The minimum Gasteiger partial charge on any atom is -0.490 e. The molecule has 0 aromatic heterocycles. The van der Waals surface area contributed by atoms with Crippen LogP contribution in [0.15, 0.2) is 6.07 Å². The fraction of sp³-hybridized carbons (Fsp3) is 0.562. The minimum atomic E-state index is -5.36. The third-order valence-corrected chi connectivity index (χ3v) is 7.86. The second-order valence-corrected chi connectivity index (χ2v) is 12.2. The van der Waals surface area contributed by atoms with Crippen molar-refractivity contribution in [1.29, 1.82) is 0 Å². The smallest absolute Gasteiger partial charge is 0.417 e. The molecule has 2 heterocycles. The summed E-state index contributed by atoms with van der Waals surface area (Å²) in [5.41, 5.74) is -8.74. The van der Waals surface area contributed by atoms with Crippen LogP contribution in [0.1, 0.15) is 92.0 Å². The van der Waals surface area contributed by atoms with Crippen molar-refractivity contribution >= 4 is 12.1 Å². The zero-order valence-electron chi connectivity index (χ0n) is 26.4. The van der Waals surface area contributed by atoms with Crippen LogP contribution in [0, 0.1) is 12.7 Å². The lowest BCUT2D eigenvalue weighted by molar-refractivity contribution is -0.166. The van der Waals surface area contributed by atoms with E-state index < -0.39 is 94.0 Å². The van der Waals surface area contributed by atoms with E-state index in [1.54, 1.807) is 0 Å². The first-order valence-corrected chi connectivity index (χ1v) is 14.8. The molecule has 0 radical (unpaired) electrons. The summed E-state index contributed by atoms with van der Waals surface area (Å²) < 4.78 is 129. The predicted molar refractivity (Wildman–Crippen MR) is 151 cm³/mol. The van der Waals surface area contributed by atoms with Crippen LogP contribution in [0.5, 0.6) is 5.75 Å². The van der Waals surface area contributed by atoms with Crippen molar-refractivity contribution in [3.8, 4) is 16.9 Å². The third kappa shape index (κ3) is 6.91. The molecule has 4 rings (SSSR count). The van der Waals surface area contributed by atoms with E-state index in [1.807, 2.05) is 6.92 Å². The van der Waals surface area contributed by atoms with E-state index in [-0.39, 0.29) is 36.5 Å². The number of carbonyl (C=O) groups excluding carboxylic acids is 2. The number of nitrogens with zero attached hydrogens (tertiary/aromatic N) is 1. The lowest BCUT2D eigenvalue weighted by Gasteiger charge is -2.33. The maximum Gasteiger partial charge on any atom is 0.417 e. The first-order chi connectivity index (χ1) is 21.3. The van der Waals surface area contributed by atoms with Gasteiger partial charge in [-0.3, -0.25) is 4.90 Å². The summed E-state index contributed by atoms with van der Waals surface area (Å²) in [5.74, 6) is -2.67. The Morgan fingerprint density at radius 3 is 2.15 bits per heavy atom. The molecule has 2 aromatic rings. The zero-order valence-corrected chi connectivity index (χ0v) is 26.4. The Kier molecular flexibility index (Phi) is 9.92. The molecule has 0 fully saturated rings. The summed E-state index contributed by atoms with van der Waals surface area (Å²) >= 11 is 0. The normalized spacial score (nSPS) is 15.6. The van der Waals surface area contributed by atoms with Crippen molar-refractivity contribution in [3.63, 3.8) is 0 Å². The van der Waals surface area contributed by atoms with Gasteiger partial charge >= 0.3 is 24.4 Å². The maximum atomic E-state index is 15.6. The predicted octanol–water partition coefficient (Wildman–Crippen LogP) is 8.45. The van der Waals surface area contributed by atoms with E-state index in [0.29, 0.717) is 25.3 Å². The molecular weight excluding hydrogens is 627 g/mol. The quantitative estimate of drug-likeness (QED) is 0.168. The Morgan fingerprint density at radius 1 is 1.00 bits per heavy atom. The first kappa shape index (κ1) is 35.3. The number of amides is 1. The highest BCUT2D eigenvalue weighted by Gasteiger charge is 2.51. The van der Waals surface area contributed by atoms with Crippen molar-refractivity contribution in [2.45, 2.75) is 97.4 Å². The Balaban J connectivity index is 2.21. The fourth-order valence-corrected chi connectivity index (χ4v) is 5.97. The molecule has 2 aliphatic rings. The van der Waals surface area contributed by atoms with Crippen molar-refractivity contribution in [1.82, 2.24) is 4.90 Å². The van der Waals surface area contributed by atoms with E-state index in [0.717, 1.165) is 12.0 Å². The van der Waals surface area contributed by atoms with Crippen molar-refractivity contribution < 1.29 is 59.3 Å². The number of hydrogen-bond donors (Lipinski definition) is 0. The molecule has 2 aromatic carbocycles.